The van der Waals surface area contributed by atoms with Crippen molar-refractivity contribution in [3.8, 4) is 0 Å². The maximum absolute atomic E-state index is 7.26. The Kier molecular flexibility index (Phi) is 11.9. The molecule has 4 heterocycles. The molecule has 0 N–H and O–H groups in total. The second-order valence-corrected chi connectivity index (χ2v) is 9.15. The van der Waals surface area contributed by atoms with E-state index in [2.05, 4.69) is 33.4 Å². The van der Waals surface area contributed by atoms with Crippen molar-refractivity contribution < 1.29 is 28.4 Å². The molecule has 4 saturated heterocycles. The Balaban J connectivity index is 0.000000588. The fraction of sp³-hybridized carbons (Fsp3) is 1.00. The van der Waals surface area contributed by atoms with Crippen molar-refractivity contribution in [2.75, 3.05) is 118 Å². The van der Waals surface area contributed by atoms with Crippen LogP contribution in [0, 0.1) is 0 Å². The lowest BCUT2D eigenvalue weighted by Gasteiger charge is -2.58. The Hall–Kier alpha value is -0.400. The normalized spacial score (nSPS) is 25.1. The van der Waals surface area contributed by atoms with Gasteiger partial charge in [-0.15, -0.1) is 0 Å². The predicted octanol–water partition coefficient (Wildman–Crippen LogP) is 0.722. The second kappa shape index (κ2) is 14.4. The minimum atomic E-state index is -0.529. The van der Waals surface area contributed by atoms with E-state index in [1.54, 1.807) is 0 Å². The first-order valence-corrected chi connectivity index (χ1v) is 13.1. The molecule has 34 heavy (non-hydrogen) atoms. The Morgan fingerprint density at radius 1 is 0.500 bits per heavy atom. The molecule has 4 fully saturated rings. The molecule has 0 aromatic carbocycles. The van der Waals surface area contributed by atoms with Crippen molar-refractivity contribution >= 4 is 0 Å². The number of rotatable bonds is 8. The summed E-state index contributed by atoms with van der Waals surface area (Å²) in [5.74, 6) is -1.06. The first-order valence-electron chi connectivity index (χ1n) is 13.1. The molecule has 4 rings (SSSR count). The van der Waals surface area contributed by atoms with E-state index in [0.717, 1.165) is 118 Å². The number of hydrogen-bond donors (Lipinski definition) is 0. The van der Waals surface area contributed by atoms with Gasteiger partial charge < -0.3 is 28.4 Å². The van der Waals surface area contributed by atoms with Gasteiger partial charge in [0.1, 0.15) is 0 Å². The zero-order chi connectivity index (χ0) is 24.3. The lowest BCUT2D eigenvalue weighted by molar-refractivity contribution is -0.376. The van der Waals surface area contributed by atoms with E-state index in [1.165, 1.54) is 0 Å². The maximum atomic E-state index is 7.26. The Morgan fingerprint density at radius 2 is 0.735 bits per heavy atom. The molecule has 10 nitrogen and oxygen atoms in total. The standard InChI is InChI=1S/C20H38N4O5.C4H10O/c1-19(21-3-11-25-12-4-21,22-5-13-26-14-6-22)29-20(2,23-7-15-27-16-8-23)24-9-17-28-18-10-24;1-3-5-4-2/h3-18H2,1-2H3;3-4H2,1-2H3. The minimum Gasteiger partial charge on any atom is -0.382 e. The number of morpholine rings is 4. The van der Waals surface area contributed by atoms with E-state index in [-0.39, 0.29) is 0 Å². The van der Waals surface area contributed by atoms with Crippen LogP contribution < -0.4 is 0 Å². The molecule has 10 heteroatoms. The lowest BCUT2D eigenvalue weighted by Crippen LogP contribution is -2.73. The zero-order valence-corrected chi connectivity index (χ0v) is 22.0. The van der Waals surface area contributed by atoms with Crippen LogP contribution in [-0.4, -0.2) is 150 Å². The highest BCUT2D eigenvalue weighted by Crippen LogP contribution is 2.34. The topological polar surface area (TPSA) is 68.3 Å². The van der Waals surface area contributed by atoms with Crippen LogP contribution in [-0.2, 0) is 28.4 Å². The Bertz CT molecular complexity index is 466. The highest BCUT2D eigenvalue weighted by Gasteiger charge is 2.50. The molecule has 0 radical (unpaired) electrons. The average Bonchev–Trinajstić information content (AvgIpc) is 2.91. The molecule has 0 unspecified atom stereocenters. The molecule has 0 aliphatic carbocycles. The van der Waals surface area contributed by atoms with Gasteiger partial charge in [-0.3, -0.25) is 19.6 Å². The molecule has 0 bridgehead atoms. The van der Waals surface area contributed by atoms with Gasteiger partial charge in [-0.1, -0.05) is 0 Å². The zero-order valence-electron chi connectivity index (χ0n) is 22.0. The second-order valence-electron chi connectivity index (χ2n) is 9.15. The van der Waals surface area contributed by atoms with Crippen LogP contribution in [0.15, 0.2) is 0 Å². The van der Waals surface area contributed by atoms with E-state index in [4.69, 9.17) is 28.4 Å². The summed E-state index contributed by atoms with van der Waals surface area (Å²) in [5.41, 5.74) is 0. The summed E-state index contributed by atoms with van der Waals surface area (Å²) >= 11 is 0. The quantitative estimate of drug-likeness (QED) is 0.488. The van der Waals surface area contributed by atoms with Gasteiger partial charge >= 0.3 is 0 Å². The van der Waals surface area contributed by atoms with Gasteiger partial charge in [0.15, 0.2) is 11.7 Å². The lowest BCUT2D eigenvalue weighted by atomic mass is 10.2. The van der Waals surface area contributed by atoms with Crippen molar-refractivity contribution in [2.24, 2.45) is 0 Å². The predicted molar refractivity (Wildman–Crippen MR) is 130 cm³/mol. The number of hydrogen-bond acceptors (Lipinski definition) is 10. The molecular weight excluding hydrogens is 440 g/mol. The number of ether oxygens (including phenoxy) is 6. The third-order valence-electron chi connectivity index (χ3n) is 7.19. The Morgan fingerprint density at radius 3 is 0.912 bits per heavy atom. The molecule has 0 atom stereocenters. The molecule has 4 aliphatic rings. The molecule has 0 amide bonds. The maximum Gasteiger partial charge on any atom is 0.180 e. The molecule has 0 aromatic heterocycles. The van der Waals surface area contributed by atoms with Crippen molar-refractivity contribution in [3.05, 3.63) is 0 Å². The van der Waals surface area contributed by atoms with Gasteiger partial charge in [0.2, 0.25) is 0 Å². The Labute approximate surface area is 206 Å². The highest BCUT2D eigenvalue weighted by molar-refractivity contribution is 4.89. The van der Waals surface area contributed by atoms with Gasteiger partial charge in [-0.25, -0.2) is 0 Å². The minimum absolute atomic E-state index is 0.529. The van der Waals surface area contributed by atoms with E-state index in [0.29, 0.717) is 0 Å². The summed E-state index contributed by atoms with van der Waals surface area (Å²) in [6, 6.07) is 0. The SMILES string of the molecule is CC(OC(C)(N1CCOCC1)N1CCOCC1)(N1CCOCC1)N1CCOCC1.CCOCC. The van der Waals surface area contributed by atoms with E-state index < -0.39 is 11.7 Å². The van der Waals surface area contributed by atoms with Gasteiger partial charge in [0.05, 0.1) is 52.9 Å². The van der Waals surface area contributed by atoms with Gasteiger partial charge in [0.25, 0.3) is 0 Å². The summed E-state index contributed by atoms with van der Waals surface area (Å²) in [4.78, 5) is 9.78. The van der Waals surface area contributed by atoms with E-state index in [9.17, 15) is 0 Å². The molecule has 4 aliphatic heterocycles. The van der Waals surface area contributed by atoms with Crippen LogP contribution in [0.3, 0.4) is 0 Å². The smallest absolute Gasteiger partial charge is 0.180 e. The van der Waals surface area contributed by atoms with Crippen molar-refractivity contribution in [1.82, 2.24) is 19.6 Å². The summed E-state index contributed by atoms with van der Waals surface area (Å²) in [6.45, 7) is 23.1. The molecule has 200 valence electrons. The van der Waals surface area contributed by atoms with Gasteiger partial charge in [-0.05, 0) is 27.7 Å². The fourth-order valence-corrected chi connectivity index (χ4v) is 5.14. The summed E-state index contributed by atoms with van der Waals surface area (Å²) in [7, 11) is 0. The molecule has 0 aromatic rings. The van der Waals surface area contributed by atoms with E-state index in [1.807, 2.05) is 13.8 Å². The first-order chi connectivity index (χ1) is 16.5. The van der Waals surface area contributed by atoms with Crippen LogP contribution in [0.1, 0.15) is 27.7 Å². The average molecular weight is 489 g/mol. The third kappa shape index (κ3) is 7.32. The summed E-state index contributed by atoms with van der Waals surface area (Å²) in [6.07, 6.45) is 0. The fourth-order valence-electron chi connectivity index (χ4n) is 5.14. The number of nitrogens with zero attached hydrogens (tertiary/aromatic N) is 4. The van der Waals surface area contributed by atoms with E-state index >= 15 is 0 Å². The molecular formula is C24H48N4O6. The van der Waals surface area contributed by atoms with Gasteiger partial charge in [-0.2, -0.15) is 0 Å². The highest BCUT2D eigenvalue weighted by atomic mass is 16.6. The summed E-state index contributed by atoms with van der Waals surface area (Å²) < 4.78 is 34.7. The van der Waals surface area contributed by atoms with Crippen molar-refractivity contribution in [3.63, 3.8) is 0 Å². The largest absolute Gasteiger partial charge is 0.382 e. The molecule has 0 spiro atoms. The summed E-state index contributed by atoms with van der Waals surface area (Å²) in [5, 5.41) is 0. The monoisotopic (exact) mass is 488 g/mol. The van der Waals surface area contributed by atoms with Crippen LogP contribution in [0.25, 0.3) is 0 Å². The van der Waals surface area contributed by atoms with Crippen molar-refractivity contribution in [1.29, 1.82) is 0 Å². The third-order valence-corrected chi connectivity index (χ3v) is 7.19. The van der Waals surface area contributed by atoms with Crippen molar-refractivity contribution in [2.45, 2.75) is 39.4 Å². The van der Waals surface area contributed by atoms with Crippen LogP contribution >= 0.6 is 0 Å². The first kappa shape index (κ1) is 28.2. The molecule has 0 saturated carbocycles. The van der Waals surface area contributed by atoms with Gasteiger partial charge in [0, 0.05) is 65.6 Å². The van der Waals surface area contributed by atoms with Crippen LogP contribution in [0.5, 0.6) is 0 Å². The van der Waals surface area contributed by atoms with Crippen LogP contribution in [0.4, 0.5) is 0 Å². The van der Waals surface area contributed by atoms with Crippen LogP contribution in [0.2, 0.25) is 0 Å².